The van der Waals surface area contributed by atoms with Crippen molar-refractivity contribution >= 4 is 45.8 Å². The standard InChI is InChI=1S/C13H9Cl2IO/c14-10-2-1-9(13(15)7-10)8-17-12-5-3-11(16)4-6-12/h1-7H,8H2. The minimum absolute atomic E-state index is 0.441. The van der Waals surface area contributed by atoms with Crippen LogP contribution in [-0.2, 0) is 6.61 Å². The van der Waals surface area contributed by atoms with Crippen molar-refractivity contribution in [3.8, 4) is 5.75 Å². The quantitative estimate of drug-likeness (QED) is 0.669. The molecule has 0 atom stereocenters. The average Bonchev–Trinajstić information content (AvgIpc) is 2.30. The first-order valence-corrected chi connectivity index (χ1v) is 6.81. The van der Waals surface area contributed by atoms with Gasteiger partial charge in [-0.1, -0.05) is 29.3 Å². The number of rotatable bonds is 3. The highest BCUT2D eigenvalue weighted by molar-refractivity contribution is 14.1. The molecule has 0 unspecified atom stereocenters. The molecule has 0 aliphatic rings. The van der Waals surface area contributed by atoms with Gasteiger partial charge in [0.15, 0.2) is 0 Å². The third-order valence-corrected chi connectivity index (χ3v) is 3.53. The molecule has 17 heavy (non-hydrogen) atoms. The molecule has 0 aromatic heterocycles. The highest BCUT2D eigenvalue weighted by atomic mass is 127. The molecule has 2 aromatic rings. The number of ether oxygens (including phenoxy) is 1. The number of halogens is 3. The van der Waals surface area contributed by atoms with E-state index in [4.69, 9.17) is 27.9 Å². The van der Waals surface area contributed by atoms with E-state index >= 15 is 0 Å². The Bertz CT molecular complexity index is 511. The zero-order valence-electron chi connectivity index (χ0n) is 8.79. The van der Waals surface area contributed by atoms with Gasteiger partial charge in [0.1, 0.15) is 12.4 Å². The zero-order chi connectivity index (χ0) is 12.3. The SMILES string of the molecule is Clc1ccc(COc2ccc(I)cc2)c(Cl)c1. The van der Waals surface area contributed by atoms with Crippen molar-refractivity contribution in [3.05, 3.63) is 61.6 Å². The predicted octanol–water partition coefficient (Wildman–Crippen LogP) is 5.18. The van der Waals surface area contributed by atoms with Gasteiger partial charge in [0, 0.05) is 19.2 Å². The first-order valence-electron chi connectivity index (χ1n) is 4.97. The van der Waals surface area contributed by atoms with Gasteiger partial charge in [0.2, 0.25) is 0 Å². The van der Waals surface area contributed by atoms with Gasteiger partial charge in [-0.05, 0) is 59.0 Å². The molecule has 0 N–H and O–H groups in total. The number of hydrogen-bond acceptors (Lipinski definition) is 1. The van der Waals surface area contributed by atoms with Crippen molar-refractivity contribution in [1.29, 1.82) is 0 Å². The molecule has 0 amide bonds. The second kappa shape index (κ2) is 5.94. The number of hydrogen-bond donors (Lipinski definition) is 0. The van der Waals surface area contributed by atoms with E-state index < -0.39 is 0 Å². The molecule has 0 heterocycles. The lowest BCUT2D eigenvalue weighted by atomic mass is 10.2. The van der Waals surface area contributed by atoms with Gasteiger partial charge in [-0.15, -0.1) is 0 Å². The van der Waals surface area contributed by atoms with E-state index in [-0.39, 0.29) is 0 Å². The summed E-state index contributed by atoms with van der Waals surface area (Å²) in [6, 6.07) is 13.3. The summed E-state index contributed by atoms with van der Waals surface area (Å²) in [7, 11) is 0. The van der Waals surface area contributed by atoms with Crippen LogP contribution in [0.25, 0.3) is 0 Å². The predicted molar refractivity (Wildman–Crippen MR) is 80.0 cm³/mol. The average molecular weight is 379 g/mol. The van der Waals surface area contributed by atoms with Crippen molar-refractivity contribution in [2.24, 2.45) is 0 Å². The molecule has 4 heteroatoms. The molecule has 0 saturated carbocycles. The Balaban J connectivity index is 2.04. The topological polar surface area (TPSA) is 9.23 Å². The van der Waals surface area contributed by atoms with E-state index in [1.165, 1.54) is 3.57 Å². The molecule has 0 spiro atoms. The third kappa shape index (κ3) is 3.76. The van der Waals surface area contributed by atoms with E-state index in [0.29, 0.717) is 16.7 Å². The Morgan fingerprint density at radius 2 is 1.71 bits per heavy atom. The summed E-state index contributed by atoms with van der Waals surface area (Å²) in [5.41, 5.74) is 0.926. The minimum Gasteiger partial charge on any atom is -0.489 e. The summed E-state index contributed by atoms with van der Waals surface area (Å²) >= 11 is 14.1. The van der Waals surface area contributed by atoms with E-state index in [1.54, 1.807) is 12.1 Å². The van der Waals surface area contributed by atoms with Gasteiger partial charge >= 0.3 is 0 Å². The van der Waals surface area contributed by atoms with Gasteiger partial charge in [0.05, 0.1) is 0 Å². The highest BCUT2D eigenvalue weighted by Crippen LogP contribution is 2.22. The van der Waals surface area contributed by atoms with Crippen molar-refractivity contribution in [2.45, 2.75) is 6.61 Å². The lowest BCUT2D eigenvalue weighted by Gasteiger charge is -2.08. The monoisotopic (exact) mass is 378 g/mol. The molecular formula is C13H9Cl2IO. The van der Waals surface area contributed by atoms with Crippen molar-refractivity contribution in [2.75, 3.05) is 0 Å². The molecule has 2 aromatic carbocycles. The van der Waals surface area contributed by atoms with E-state index in [1.807, 2.05) is 30.3 Å². The summed E-state index contributed by atoms with van der Waals surface area (Å²) in [4.78, 5) is 0. The van der Waals surface area contributed by atoms with Crippen LogP contribution in [0.2, 0.25) is 10.0 Å². The van der Waals surface area contributed by atoms with Crippen molar-refractivity contribution < 1.29 is 4.74 Å². The van der Waals surface area contributed by atoms with Crippen LogP contribution in [0, 0.1) is 3.57 Å². The van der Waals surface area contributed by atoms with E-state index in [9.17, 15) is 0 Å². The van der Waals surface area contributed by atoms with Crippen LogP contribution >= 0.6 is 45.8 Å². The molecule has 0 aliphatic carbocycles. The molecule has 0 saturated heterocycles. The van der Waals surface area contributed by atoms with Crippen LogP contribution in [0.1, 0.15) is 5.56 Å². The Kier molecular flexibility index (Phi) is 4.54. The molecule has 88 valence electrons. The maximum Gasteiger partial charge on any atom is 0.119 e. The maximum atomic E-state index is 6.06. The Morgan fingerprint density at radius 1 is 1.00 bits per heavy atom. The summed E-state index contributed by atoms with van der Waals surface area (Å²) < 4.78 is 6.82. The zero-order valence-corrected chi connectivity index (χ0v) is 12.5. The van der Waals surface area contributed by atoms with Crippen LogP contribution in [0.4, 0.5) is 0 Å². The fraction of sp³-hybridized carbons (Fsp3) is 0.0769. The first kappa shape index (κ1) is 13.0. The van der Waals surface area contributed by atoms with Crippen LogP contribution in [0.3, 0.4) is 0 Å². The Labute approximate surface area is 124 Å². The summed E-state index contributed by atoms with van der Waals surface area (Å²) in [5, 5.41) is 1.26. The fourth-order valence-corrected chi connectivity index (χ4v) is 2.15. The molecular weight excluding hydrogens is 370 g/mol. The molecule has 1 nitrogen and oxygen atoms in total. The van der Waals surface area contributed by atoms with E-state index in [2.05, 4.69) is 22.6 Å². The Morgan fingerprint density at radius 3 is 2.35 bits per heavy atom. The third-order valence-electron chi connectivity index (χ3n) is 2.22. The summed E-state index contributed by atoms with van der Waals surface area (Å²) in [5.74, 6) is 0.830. The van der Waals surface area contributed by atoms with E-state index in [0.717, 1.165) is 11.3 Å². The van der Waals surface area contributed by atoms with Gasteiger partial charge in [-0.3, -0.25) is 0 Å². The Hall–Kier alpha value is -0.450. The lowest BCUT2D eigenvalue weighted by molar-refractivity contribution is 0.306. The summed E-state index contributed by atoms with van der Waals surface area (Å²) in [6.45, 7) is 0.441. The van der Waals surface area contributed by atoms with Crippen LogP contribution < -0.4 is 4.74 Å². The molecule has 2 rings (SSSR count). The first-order chi connectivity index (χ1) is 8.15. The fourth-order valence-electron chi connectivity index (χ4n) is 1.33. The van der Waals surface area contributed by atoms with Crippen LogP contribution in [0.15, 0.2) is 42.5 Å². The summed E-state index contributed by atoms with van der Waals surface area (Å²) in [6.07, 6.45) is 0. The van der Waals surface area contributed by atoms with Gasteiger partial charge in [0.25, 0.3) is 0 Å². The normalized spacial score (nSPS) is 10.3. The van der Waals surface area contributed by atoms with Crippen molar-refractivity contribution in [1.82, 2.24) is 0 Å². The van der Waals surface area contributed by atoms with Gasteiger partial charge < -0.3 is 4.74 Å². The second-order valence-corrected chi connectivity index (χ2v) is 5.57. The largest absolute Gasteiger partial charge is 0.489 e. The number of benzene rings is 2. The molecule has 0 bridgehead atoms. The van der Waals surface area contributed by atoms with Gasteiger partial charge in [-0.2, -0.15) is 0 Å². The highest BCUT2D eigenvalue weighted by Gasteiger charge is 2.02. The molecule has 0 aliphatic heterocycles. The van der Waals surface area contributed by atoms with Crippen molar-refractivity contribution in [3.63, 3.8) is 0 Å². The van der Waals surface area contributed by atoms with Crippen LogP contribution in [0.5, 0.6) is 5.75 Å². The van der Waals surface area contributed by atoms with Gasteiger partial charge in [-0.25, -0.2) is 0 Å². The van der Waals surface area contributed by atoms with Crippen LogP contribution in [-0.4, -0.2) is 0 Å². The molecule has 0 radical (unpaired) electrons. The minimum atomic E-state index is 0.441. The second-order valence-electron chi connectivity index (χ2n) is 3.48. The lowest BCUT2D eigenvalue weighted by Crippen LogP contribution is -1.96. The maximum absolute atomic E-state index is 6.06. The molecule has 0 fully saturated rings. The smallest absolute Gasteiger partial charge is 0.119 e.